The summed E-state index contributed by atoms with van der Waals surface area (Å²) in [4.78, 5) is 10.6. The fraction of sp³-hybridized carbons (Fsp3) is 0.857. The van der Waals surface area contributed by atoms with Gasteiger partial charge in [0.25, 0.3) is 5.92 Å². The highest BCUT2D eigenvalue weighted by atomic mass is 19.3. The van der Waals surface area contributed by atoms with Crippen LogP contribution in [0, 0.1) is 0 Å². The highest BCUT2D eigenvalue weighted by Crippen LogP contribution is 2.08. The molecular weight excluding hydrogens is 168 g/mol. The fourth-order valence-electron chi connectivity index (χ4n) is 0.483. The monoisotopic (exact) mass is 181 g/mol. The van der Waals surface area contributed by atoms with Crippen LogP contribution < -0.4 is 5.32 Å². The highest BCUT2D eigenvalue weighted by Gasteiger charge is 2.22. The Labute approximate surface area is 70.1 Å². The molecule has 5 heteroatoms. The predicted octanol–water partition coefficient (Wildman–Crippen LogP) is 1.78. The minimum atomic E-state index is -2.89. The molecule has 0 aromatic carbocycles. The van der Waals surface area contributed by atoms with Crippen molar-refractivity contribution in [3.63, 3.8) is 0 Å². The largest absolute Gasteiger partial charge is 0.447 e. The van der Waals surface area contributed by atoms with Crippen molar-refractivity contribution in [1.82, 2.24) is 5.32 Å². The van der Waals surface area contributed by atoms with Gasteiger partial charge in [0.1, 0.15) is 0 Å². The minimum absolute atomic E-state index is 0.296. The van der Waals surface area contributed by atoms with E-state index >= 15 is 0 Å². The SMILES string of the molecule is CC(C)OC(=O)NCC(C)(F)F. The van der Waals surface area contributed by atoms with Gasteiger partial charge in [0.15, 0.2) is 0 Å². The Morgan fingerprint density at radius 1 is 1.58 bits per heavy atom. The number of hydrogen-bond acceptors (Lipinski definition) is 2. The molecule has 0 fully saturated rings. The lowest BCUT2D eigenvalue weighted by Crippen LogP contribution is -2.35. The molecule has 0 radical (unpaired) electrons. The molecule has 0 saturated heterocycles. The Bertz CT molecular complexity index is 154. The van der Waals surface area contributed by atoms with Crippen LogP contribution in [0.2, 0.25) is 0 Å². The first kappa shape index (κ1) is 11.1. The van der Waals surface area contributed by atoms with Crippen molar-refractivity contribution in [1.29, 1.82) is 0 Å². The highest BCUT2D eigenvalue weighted by molar-refractivity contribution is 5.67. The van der Waals surface area contributed by atoms with Crippen LogP contribution in [0.3, 0.4) is 0 Å². The second-order valence-corrected chi connectivity index (χ2v) is 2.88. The third kappa shape index (κ3) is 7.24. The van der Waals surface area contributed by atoms with Crippen LogP contribution in [-0.4, -0.2) is 24.7 Å². The average molecular weight is 181 g/mol. The lowest BCUT2D eigenvalue weighted by atomic mass is 10.4. The molecule has 0 heterocycles. The summed E-state index contributed by atoms with van der Waals surface area (Å²) < 4.78 is 28.9. The Kier molecular flexibility index (Phi) is 3.92. The Hall–Kier alpha value is -0.870. The number of amides is 1. The van der Waals surface area contributed by atoms with Crippen LogP contribution in [-0.2, 0) is 4.74 Å². The van der Waals surface area contributed by atoms with Crippen LogP contribution in [0.15, 0.2) is 0 Å². The second kappa shape index (κ2) is 4.23. The summed E-state index contributed by atoms with van der Waals surface area (Å²) in [5, 5.41) is 1.94. The van der Waals surface area contributed by atoms with Crippen molar-refractivity contribution < 1.29 is 18.3 Å². The zero-order valence-corrected chi connectivity index (χ0v) is 7.36. The zero-order valence-electron chi connectivity index (χ0n) is 7.36. The first-order valence-corrected chi connectivity index (χ1v) is 3.63. The molecular formula is C7H13F2NO2. The van der Waals surface area contributed by atoms with Crippen molar-refractivity contribution in [2.24, 2.45) is 0 Å². The van der Waals surface area contributed by atoms with Gasteiger partial charge in [0, 0.05) is 6.92 Å². The van der Waals surface area contributed by atoms with E-state index in [1.54, 1.807) is 13.8 Å². The van der Waals surface area contributed by atoms with E-state index in [9.17, 15) is 13.6 Å². The quantitative estimate of drug-likeness (QED) is 0.720. The summed E-state index contributed by atoms with van der Waals surface area (Å²) in [7, 11) is 0. The number of alkyl carbamates (subject to hydrolysis) is 1. The maximum Gasteiger partial charge on any atom is 0.407 e. The number of alkyl halides is 2. The lowest BCUT2D eigenvalue weighted by Gasteiger charge is -2.12. The van der Waals surface area contributed by atoms with E-state index in [-0.39, 0.29) is 6.10 Å². The van der Waals surface area contributed by atoms with Gasteiger partial charge in [-0.25, -0.2) is 13.6 Å². The molecule has 0 bridgehead atoms. The third-order valence-electron chi connectivity index (χ3n) is 0.886. The van der Waals surface area contributed by atoms with Crippen LogP contribution >= 0.6 is 0 Å². The van der Waals surface area contributed by atoms with Gasteiger partial charge in [-0.15, -0.1) is 0 Å². The van der Waals surface area contributed by atoms with Gasteiger partial charge in [0.2, 0.25) is 0 Å². The van der Waals surface area contributed by atoms with Crippen LogP contribution in [0.25, 0.3) is 0 Å². The van der Waals surface area contributed by atoms with E-state index in [1.807, 2.05) is 5.32 Å². The summed E-state index contributed by atoms with van der Waals surface area (Å²) in [5.74, 6) is -2.89. The molecule has 1 amide bonds. The Morgan fingerprint density at radius 3 is 2.42 bits per heavy atom. The van der Waals surface area contributed by atoms with Gasteiger partial charge in [-0.2, -0.15) is 0 Å². The maximum atomic E-state index is 12.1. The van der Waals surface area contributed by atoms with E-state index < -0.39 is 18.6 Å². The smallest absolute Gasteiger partial charge is 0.407 e. The van der Waals surface area contributed by atoms with E-state index in [2.05, 4.69) is 4.74 Å². The first-order valence-electron chi connectivity index (χ1n) is 3.63. The molecule has 0 aliphatic heterocycles. The molecule has 0 atom stereocenters. The van der Waals surface area contributed by atoms with Crippen molar-refractivity contribution >= 4 is 6.09 Å². The van der Waals surface area contributed by atoms with Crippen molar-refractivity contribution in [3.05, 3.63) is 0 Å². The number of hydrogen-bond donors (Lipinski definition) is 1. The molecule has 0 saturated carbocycles. The molecule has 0 aromatic heterocycles. The molecule has 72 valence electrons. The number of carbonyl (C=O) groups excluding carboxylic acids is 1. The number of rotatable bonds is 3. The molecule has 0 unspecified atom stereocenters. The van der Waals surface area contributed by atoms with Gasteiger partial charge in [-0.05, 0) is 13.8 Å². The van der Waals surface area contributed by atoms with Crippen molar-refractivity contribution in [2.75, 3.05) is 6.54 Å². The number of nitrogens with one attached hydrogen (secondary N) is 1. The summed E-state index contributed by atoms with van der Waals surface area (Å²) in [6, 6.07) is 0. The second-order valence-electron chi connectivity index (χ2n) is 2.88. The molecule has 0 aliphatic rings. The maximum absolute atomic E-state index is 12.1. The fourth-order valence-corrected chi connectivity index (χ4v) is 0.483. The van der Waals surface area contributed by atoms with Crippen molar-refractivity contribution in [3.8, 4) is 0 Å². The zero-order chi connectivity index (χ0) is 9.78. The molecule has 0 rings (SSSR count). The number of ether oxygens (including phenoxy) is 1. The van der Waals surface area contributed by atoms with Gasteiger partial charge in [0.05, 0.1) is 12.6 Å². The van der Waals surface area contributed by atoms with Crippen LogP contribution in [0.4, 0.5) is 13.6 Å². The van der Waals surface area contributed by atoms with Gasteiger partial charge < -0.3 is 10.1 Å². The number of carbonyl (C=O) groups is 1. The molecule has 1 N–H and O–H groups in total. The third-order valence-corrected chi connectivity index (χ3v) is 0.886. The standard InChI is InChI=1S/C7H13F2NO2/c1-5(2)12-6(11)10-4-7(3,8)9/h5H,4H2,1-3H3,(H,10,11). The first-order chi connectivity index (χ1) is 5.31. The lowest BCUT2D eigenvalue weighted by molar-refractivity contribution is 0.0196. The molecule has 0 aromatic rings. The minimum Gasteiger partial charge on any atom is -0.447 e. The summed E-state index contributed by atoms with van der Waals surface area (Å²) in [6.07, 6.45) is -1.11. The summed E-state index contributed by atoms with van der Waals surface area (Å²) >= 11 is 0. The van der Waals surface area contributed by atoms with E-state index in [0.717, 1.165) is 6.92 Å². The van der Waals surface area contributed by atoms with E-state index in [0.29, 0.717) is 0 Å². The summed E-state index contributed by atoms with van der Waals surface area (Å²) in [6.45, 7) is 3.31. The normalized spacial score (nSPS) is 11.5. The average Bonchev–Trinajstić information content (AvgIpc) is 1.80. The van der Waals surface area contributed by atoms with Gasteiger partial charge in [-0.3, -0.25) is 0 Å². The Balaban J connectivity index is 3.58. The summed E-state index contributed by atoms with van der Waals surface area (Å²) in [5.41, 5.74) is 0. The van der Waals surface area contributed by atoms with Gasteiger partial charge >= 0.3 is 6.09 Å². The Morgan fingerprint density at radius 2 is 2.08 bits per heavy atom. The molecule has 3 nitrogen and oxygen atoms in total. The topological polar surface area (TPSA) is 38.3 Å². The van der Waals surface area contributed by atoms with Crippen LogP contribution in [0.1, 0.15) is 20.8 Å². The molecule has 12 heavy (non-hydrogen) atoms. The van der Waals surface area contributed by atoms with Crippen molar-refractivity contribution in [2.45, 2.75) is 32.8 Å². The van der Waals surface area contributed by atoms with Gasteiger partial charge in [-0.1, -0.05) is 0 Å². The molecule has 0 aliphatic carbocycles. The predicted molar refractivity (Wildman–Crippen MR) is 40.2 cm³/mol. The van der Waals surface area contributed by atoms with Crippen LogP contribution in [0.5, 0.6) is 0 Å². The molecule has 0 spiro atoms. The number of halogens is 2. The van der Waals surface area contributed by atoms with E-state index in [1.165, 1.54) is 0 Å². The van der Waals surface area contributed by atoms with E-state index in [4.69, 9.17) is 0 Å².